The smallest absolute Gasteiger partial charge is 0.263 e. The zero-order valence-corrected chi connectivity index (χ0v) is 15.1. The summed E-state index contributed by atoms with van der Waals surface area (Å²) in [5.74, 6) is -0.111. The number of nitrogens with two attached hydrogens (primary N) is 1. The number of amides is 1. The van der Waals surface area contributed by atoms with Crippen molar-refractivity contribution in [3.63, 3.8) is 0 Å². The molecule has 0 radical (unpaired) electrons. The molecule has 0 aliphatic carbocycles. The number of halogens is 1. The molecule has 1 aromatic heterocycles. The van der Waals surface area contributed by atoms with Gasteiger partial charge in [-0.3, -0.25) is 4.79 Å². The lowest BCUT2D eigenvalue weighted by molar-refractivity contribution is 0.0924. The molecule has 0 aliphatic heterocycles. The molecule has 114 valence electrons. The summed E-state index contributed by atoms with van der Waals surface area (Å²) in [5, 5.41) is 3.90. The van der Waals surface area contributed by atoms with Gasteiger partial charge in [-0.1, -0.05) is 15.9 Å². The van der Waals surface area contributed by atoms with Gasteiger partial charge >= 0.3 is 0 Å². The van der Waals surface area contributed by atoms with Gasteiger partial charge < -0.3 is 16.0 Å². The Morgan fingerprint density at radius 1 is 1.43 bits per heavy atom. The van der Waals surface area contributed by atoms with Crippen LogP contribution >= 0.6 is 27.3 Å². The van der Waals surface area contributed by atoms with E-state index in [4.69, 9.17) is 5.73 Å². The molecular weight excluding hydrogens is 350 g/mol. The summed E-state index contributed by atoms with van der Waals surface area (Å²) in [4.78, 5) is 15.0. The summed E-state index contributed by atoms with van der Waals surface area (Å²) in [6.45, 7) is 4.73. The number of rotatable bonds is 4. The number of likely N-dealkylation sites (N-methyl/N-ethyl adjacent to an activating group) is 1. The Labute approximate surface area is 137 Å². The molecule has 0 fully saturated rings. The topological polar surface area (TPSA) is 58.4 Å². The first-order valence-electron chi connectivity index (χ1n) is 6.65. The molecule has 0 spiro atoms. The van der Waals surface area contributed by atoms with Gasteiger partial charge in [0.05, 0.1) is 5.69 Å². The molecule has 6 heteroatoms. The summed E-state index contributed by atoms with van der Waals surface area (Å²) in [7, 11) is 4.00. The molecule has 3 N–H and O–H groups in total. The van der Waals surface area contributed by atoms with E-state index in [0.29, 0.717) is 17.1 Å². The van der Waals surface area contributed by atoms with Gasteiger partial charge in [0.2, 0.25) is 0 Å². The number of hydrogen-bond donors (Lipinski definition) is 2. The predicted molar refractivity (Wildman–Crippen MR) is 94.0 cm³/mol. The summed E-state index contributed by atoms with van der Waals surface area (Å²) in [6.07, 6.45) is 0. The third-order valence-electron chi connectivity index (χ3n) is 3.79. The number of nitrogens with zero attached hydrogens (tertiary/aromatic N) is 1. The van der Waals surface area contributed by atoms with Crippen molar-refractivity contribution >= 4 is 48.9 Å². The molecule has 0 saturated carbocycles. The highest BCUT2D eigenvalue weighted by Crippen LogP contribution is 2.35. The van der Waals surface area contributed by atoms with E-state index >= 15 is 0 Å². The quantitative estimate of drug-likeness (QED) is 0.868. The summed E-state index contributed by atoms with van der Waals surface area (Å²) >= 11 is 4.86. The second-order valence-electron chi connectivity index (χ2n) is 5.87. The van der Waals surface area contributed by atoms with Crippen molar-refractivity contribution in [2.75, 3.05) is 26.4 Å². The van der Waals surface area contributed by atoms with Crippen LogP contribution < -0.4 is 11.1 Å². The summed E-state index contributed by atoms with van der Waals surface area (Å²) < 4.78 is 1.98. The summed E-state index contributed by atoms with van der Waals surface area (Å²) in [5.41, 5.74) is 6.57. The van der Waals surface area contributed by atoms with E-state index in [1.807, 2.05) is 32.3 Å². The van der Waals surface area contributed by atoms with Crippen LogP contribution in [0, 0.1) is 0 Å². The lowest BCUT2D eigenvalue weighted by Gasteiger charge is -2.32. The van der Waals surface area contributed by atoms with E-state index < -0.39 is 0 Å². The second-order valence-corrected chi connectivity index (χ2v) is 7.84. The minimum absolute atomic E-state index is 0.107. The number of anilines is 1. The van der Waals surface area contributed by atoms with Gasteiger partial charge in [-0.25, -0.2) is 0 Å². The Kier molecular flexibility index (Phi) is 4.60. The fourth-order valence-electron chi connectivity index (χ4n) is 1.79. The zero-order chi connectivity index (χ0) is 15.8. The number of thiophene rings is 1. The van der Waals surface area contributed by atoms with Gasteiger partial charge in [0.1, 0.15) is 4.88 Å². The van der Waals surface area contributed by atoms with Gasteiger partial charge in [-0.15, -0.1) is 11.3 Å². The predicted octanol–water partition coefficient (Wildman–Crippen LogP) is 3.32. The molecule has 2 aromatic rings. The van der Waals surface area contributed by atoms with E-state index in [9.17, 15) is 4.79 Å². The largest absolute Gasteiger partial charge is 0.397 e. The van der Waals surface area contributed by atoms with E-state index in [-0.39, 0.29) is 11.4 Å². The lowest BCUT2D eigenvalue weighted by atomic mass is 10.0. The van der Waals surface area contributed by atoms with Gasteiger partial charge in [0, 0.05) is 26.6 Å². The third-order valence-corrected chi connectivity index (χ3v) is 5.47. The van der Waals surface area contributed by atoms with E-state index in [1.54, 1.807) is 0 Å². The van der Waals surface area contributed by atoms with Crippen LogP contribution in [0.1, 0.15) is 23.5 Å². The number of fused-ring (bicyclic) bond motifs is 1. The van der Waals surface area contributed by atoms with Crippen molar-refractivity contribution in [3.05, 3.63) is 27.5 Å². The van der Waals surface area contributed by atoms with Gasteiger partial charge in [0.25, 0.3) is 5.91 Å². The molecule has 0 saturated heterocycles. The first-order chi connectivity index (χ1) is 9.72. The lowest BCUT2D eigenvalue weighted by Crippen LogP contribution is -2.48. The Hall–Kier alpha value is -1.11. The number of carbonyl (C=O) groups is 1. The molecule has 0 aliphatic rings. The Balaban J connectivity index is 2.22. The number of nitrogen functional groups attached to an aromatic ring is 1. The minimum atomic E-state index is -0.111. The third kappa shape index (κ3) is 3.39. The maximum atomic E-state index is 12.4. The number of hydrogen-bond acceptors (Lipinski definition) is 4. The van der Waals surface area contributed by atoms with Crippen LogP contribution in [-0.2, 0) is 0 Å². The van der Waals surface area contributed by atoms with E-state index in [2.05, 4.69) is 40.0 Å². The number of nitrogens with one attached hydrogen (secondary N) is 1. The molecule has 21 heavy (non-hydrogen) atoms. The SMILES string of the molecule is CN(C)C(C)(C)CNC(=O)c1sc2ccc(Br)cc2c1N. The highest BCUT2D eigenvalue weighted by atomic mass is 79.9. The van der Waals surface area contributed by atoms with Crippen molar-refractivity contribution in [3.8, 4) is 0 Å². The van der Waals surface area contributed by atoms with Crippen LogP contribution in [0.3, 0.4) is 0 Å². The molecule has 1 aromatic carbocycles. The monoisotopic (exact) mass is 369 g/mol. The maximum absolute atomic E-state index is 12.4. The highest BCUT2D eigenvalue weighted by Gasteiger charge is 2.23. The minimum Gasteiger partial charge on any atom is -0.397 e. The number of benzene rings is 1. The molecule has 1 heterocycles. The fraction of sp³-hybridized carbons (Fsp3) is 0.400. The van der Waals surface area contributed by atoms with E-state index in [1.165, 1.54) is 11.3 Å². The Morgan fingerprint density at radius 2 is 2.10 bits per heavy atom. The first kappa shape index (κ1) is 16.3. The molecule has 0 unspecified atom stereocenters. The van der Waals surface area contributed by atoms with Crippen molar-refractivity contribution in [1.82, 2.24) is 10.2 Å². The van der Waals surface area contributed by atoms with Crippen LogP contribution in [0.4, 0.5) is 5.69 Å². The first-order valence-corrected chi connectivity index (χ1v) is 8.26. The van der Waals surface area contributed by atoms with Crippen LogP contribution in [0.15, 0.2) is 22.7 Å². The van der Waals surface area contributed by atoms with Gasteiger partial charge in [0.15, 0.2) is 0 Å². The van der Waals surface area contributed by atoms with Crippen molar-refractivity contribution in [1.29, 1.82) is 0 Å². The normalized spacial score (nSPS) is 12.1. The highest BCUT2D eigenvalue weighted by molar-refractivity contribution is 9.10. The summed E-state index contributed by atoms with van der Waals surface area (Å²) in [6, 6.07) is 5.87. The Bertz CT molecular complexity index is 679. The Morgan fingerprint density at radius 3 is 2.71 bits per heavy atom. The molecule has 0 bridgehead atoms. The van der Waals surface area contributed by atoms with Gasteiger partial charge in [-0.2, -0.15) is 0 Å². The van der Waals surface area contributed by atoms with Crippen molar-refractivity contribution in [2.45, 2.75) is 19.4 Å². The van der Waals surface area contributed by atoms with E-state index in [0.717, 1.165) is 14.6 Å². The molecule has 4 nitrogen and oxygen atoms in total. The standard InChI is InChI=1S/C15H20BrN3OS/c1-15(2,19(3)4)8-18-14(20)13-12(17)10-7-9(16)5-6-11(10)21-13/h5-7H,8,17H2,1-4H3,(H,18,20). The van der Waals surface area contributed by atoms with Crippen LogP contribution in [-0.4, -0.2) is 37.0 Å². The average molecular weight is 370 g/mol. The van der Waals surface area contributed by atoms with Crippen LogP contribution in [0.2, 0.25) is 0 Å². The molecule has 0 atom stereocenters. The van der Waals surface area contributed by atoms with Crippen molar-refractivity contribution < 1.29 is 4.79 Å². The molecule has 1 amide bonds. The van der Waals surface area contributed by atoms with Crippen LogP contribution in [0.5, 0.6) is 0 Å². The van der Waals surface area contributed by atoms with Crippen molar-refractivity contribution in [2.24, 2.45) is 0 Å². The number of carbonyl (C=O) groups excluding carboxylic acids is 1. The average Bonchev–Trinajstić information content (AvgIpc) is 2.73. The second kappa shape index (κ2) is 5.94. The zero-order valence-electron chi connectivity index (χ0n) is 12.7. The van der Waals surface area contributed by atoms with Gasteiger partial charge in [-0.05, 0) is 46.1 Å². The van der Waals surface area contributed by atoms with Crippen LogP contribution in [0.25, 0.3) is 10.1 Å². The molecular formula is C15H20BrN3OS. The fourth-order valence-corrected chi connectivity index (χ4v) is 3.17. The maximum Gasteiger partial charge on any atom is 0.263 e. The molecule has 2 rings (SSSR count).